The molecular formula is C19H16ClN2O3P. The summed E-state index contributed by atoms with van der Waals surface area (Å²) in [7, 11) is -4.06. The van der Waals surface area contributed by atoms with Gasteiger partial charge in [-0.05, 0) is 41.5 Å². The van der Waals surface area contributed by atoms with E-state index in [9.17, 15) is 4.57 Å². The lowest BCUT2D eigenvalue weighted by Crippen LogP contribution is -1.99. The number of hydrogen-bond acceptors (Lipinski definition) is 2. The number of pyridine rings is 1. The molecule has 4 aromatic rings. The number of aromatic nitrogens is 2. The molecule has 0 fully saturated rings. The maximum Gasteiger partial charge on any atom is 0.329 e. The zero-order chi connectivity index (χ0) is 18.3. The van der Waals surface area contributed by atoms with E-state index in [0.29, 0.717) is 17.1 Å². The zero-order valence-corrected chi connectivity index (χ0v) is 15.4. The van der Waals surface area contributed by atoms with E-state index < -0.39 is 7.60 Å². The van der Waals surface area contributed by atoms with Gasteiger partial charge >= 0.3 is 7.60 Å². The number of halogens is 1. The lowest BCUT2D eigenvalue weighted by atomic mass is 10.1. The Hall–Kier alpha value is -2.17. The van der Waals surface area contributed by atoms with Gasteiger partial charge in [-0.15, -0.1) is 0 Å². The van der Waals surface area contributed by atoms with Gasteiger partial charge in [-0.25, -0.2) is 0 Å². The van der Waals surface area contributed by atoms with E-state index in [-0.39, 0.29) is 6.16 Å². The number of rotatable bonds is 4. The second kappa shape index (κ2) is 6.53. The number of fused-ring (bicyclic) bond motifs is 3. The van der Waals surface area contributed by atoms with Crippen LogP contribution in [0.2, 0.25) is 5.02 Å². The van der Waals surface area contributed by atoms with Crippen LogP contribution in [0.25, 0.3) is 21.9 Å². The van der Waals surface area contributed by atoms with E-state index in [1.54, 1.807) is 18.3 Å². The topological polar surface area (TPSA) is 75.3 Å². The lowest BCUT2D eigenvalue weighted by Gasteiger charge is -2.09. The molecular weight excluding hydrogens is 371 g/mol. The van der Waals surface area contributed by atoms with Crippen molar-refractivity contribution in [3.05, 3.63) is 76.9 Å². The summed E-state index contributed by atoms with van der Waals surface area (Å²) in [5.41, 5.74) is 4.63. The highest BCUT2D eigenvalue weighted by atomic mass is 35.5. The first-order chi connectivity index (χ1) is 12.4. The highest BCUT2D eigenvalue weighted by Crippen LogP contribution is 2.39. The Morgan fingerprint density at radius 3 is 2.46 bits per heavy atom. The summed E-state index contributed by atoms with van der Waals surface area (Å²) in [6.45, 7) is 0.628. The highest BCUT2D eigenvalue weighted by molar-refractivity contribution is 7.50. The monoisotopic (exact) mass is 386 g/mol. The smallest absolute Gasteiger partial charge is 0.329 e. The summed E-state index contributed by atoms with van der Waals surface area (Å²) in [5, 5.41) is 1.68. The van der Waals surface area contributed by atoms with Crippen LogP contribution in [0.1, 0.15) is 11.1 Å². The molecule has 0 atom stereocenters. The van der Waals surface area contributed by atoms with Crippen molar-refractivity contribution in [3.8, 4) is 0 Å². The molecule has 0 spiro atoms. The van der Waals surface area contributed by atoms with Crippen LogP contribution in [-0.2, 0) is 17.3 Å². The van der Waals surface area contributed by atoms with Crippen molar-refractivity contribution >= 4 is 41.1 Å². The van der Waals surface area contributed by atoms with Gasteiger partial charge in [0.15, 0.2) is 0 Å². The van der Waals surface area contributed by atoms with E-state index in [0.717, 1.165) is 27.5 Å². The quantitative estimate of drug-likeness (QED) is 0.504. The van der Waals surface area contributed by atoms with Gasteiger partial charge in [0, 0.05) is 23.2 Å². The number of hydrogen-bond donors (Lipinski definition) is 2. The Balaban J connectivity index is 1.76. The van der Waals surface area contributed by atoms with Crippen LogP contribution in [0.4, 0.5) is 0 Å². The van der Waals surface area contributed by atoms with Gasteiger partial charge in [0.1, 0.15) is 0 Å². The van der Waals surface area contributed by atoms with E-state index >= 15 is 0 Å². The van der Waals surface area contributed by atoms with E-state index in [1.165, 1.54) is 0 Å². The first-order valence-corrected chi connectivity index (χ1v) is 10.2. The summed E-state index contributed by atoms with van der Waals surface area (Å²) >= 11 is 6.16. The summed E-state index contributed by atoms with van der Waals surface area (Å²) in [5.74, 6) is 0. The van der Waals surface area contributed by atoms with Crippen LogP contribution >= 0.6 is 19.2 Å². The Labute approximate surface area is 155 Å². The van der Waals surface area contributed by atoms with E-state index in [1.807, 2.05) is 42.5 Å². The number of benzene rings is 2. The van der Waals surface area contributed by atoms with Crippen LogP contribution in [0.15, 0.2) is 60.8 Å². The first kappa shape index (κ1) is 17.3. The molecule has 0 unspecified atom stereocenters. The molecule has 7 heteroatoms. The zero-order valence-electron chi connectivity index (χ0n) is 13.7. The molecule has 4 rings (SSSR count). The second-order valence-corrected chi connectivity index (χ2v) is 8.34. The van der Waals surface area contributed by atoms with Crippen molar-refractivity contribution in [2.24, 2.45) is 0 Å². The molecule has 0 aliphatic carbocycles. The van der Waals surface area contributed by atoms with Gasteiger partial charge in [0.25, 0.3) is 0 Å². The fraction of sp³-hybridized carbons (Fsp3) is 0.105. The van der Waals surface area contributed by atoms with Gasteiger partial charge in [-0.2, -0.15) is 0 Å². The van der Waals surface area contributed by atoms with Crippen molar-refractivity contribution in [1.29, 1.82) is 0 Å². The minimum absolute atomic E-state index is 0.245. The van der Waals surface area contributed by atoms with Crippen molar-refractivity contribution in [2.45, 2.75) is 12.7 Å². The molecule has 0 aliphatic heterocycles. The summed E-state index contributed by atoms with van der Waals surface area (Å²) in [6, 6.07) is 17.0. The van der Waals surface area contributed by atoms with Gasteiger partial charge in [0.2, 0.25) is 0 Å². The molecule has 5 nitrogen and oxygen atoms in total. The maximum absolute atomic E-state index is 11.1. The lowest BCUT2D eigenvalue weighted by molar-refractivity contribution is 0.371. The predicted octanol–water partition coefficient (Wildman–Crippen LogP) is 4.57. The Bertz CT molecular complexity index is 1150. The molecule has 2 heterocycles. The molecule has 0 bridgehead atoms. The average Bonchev–Trinajstić information content (AvgIpc) is 2.89. The standard InChI is InChI=1S/C19H16ClN2O3P/c20-15-7-8-17-16(10-15)19-18(2-1-9-21-19)22(17)11-13-3-5-14(6-4-13)12-26(23,24)25/h1-10H,11-12H2,(H2,23,24,25). The van der Waals surface area contributed by atoms with E-state index in [2.05, 4.69) is 9.55 Å². The fourth-order valence-electron chi connectivity index (χ4n) is 3.23. The van der Waals surface area contributed by atoms with Crippen LogP contribution in [0.5, 0.6) is 0 Å². The van der Waals surface area contributed by atoms with Gasteiger partial charge in [0.05, 0.1) is 22.7 Å². The minimum atomic E-state index is -4.06. The highest BCUT2D eigenvalue weighted by Gasteiger charge is 2.15. The fourth-order valence-corrected chi connectivity index (χ4v) is 4.08. The Morgan fingerprint density at radius 1 is 1.00 bits per heavy atom. The van der Waals surface area contributed by atoms with Crippen molar-refractivity contribution in [3.63, 3.8) is 0 Å². The van der Waals surface area contributed by atoms with Gasteiger partial charge in [-0.1, -0.05) is 35.9 Å². The first-order valence-electron chi connectivity index (χ1n) is 8.05. The molecule has 2 aromatic heterocycles. The largest absolute Gasteiger partial charge is 0.335 e. The third kappa shape index (κ3) is 3.39. The molecule has 0 saturated heterocycles. The third-order valence-electron chi connectivity index (χ3n) is 4.33. The van der Waals surface area contributed by atoms with E-state index in [4.69, 9.17) is 21.4 Å². The second-order valence-electron chi connectivity index (χ2n) is 6.26. The predicted molar refractivity (Wildman–Crippen MR) is 104 cm³/mol. The summed E-state index contributed by atoms with van der Waals surface area (Å²) < 4.78 is 13.3. The Kier molecular flexibility index (Phi) is 4.33. The molecule has 26 heavy (non-hydrogen) atoms. The molecule has 0 amide bonds. The molecule has 0 radical (unpaired) electrons. The van der Waals surface area contributed by atoms with Crippen molar-refractivity contribution in [2.75, 3.05) is 0 Å². The molecule has 132 valence electrons. The summed E-state index contributed by atoms with van der Waals surface area (Å²) in [4.78, 5) is 22.7. The van der Waals surface area contributed by atoms with Crippen molar-refractivity contribution < 1.29 is 14.4 Å². The van der Waals surface area contributed by atoms with Crippen LogP contribution in [-0.4, -0.2) is 19.3 Å². The average molecular weight is 387 g/mol. The normalized spacial score (nSPS) is 12.1. The Morgan fingerprint density at radius 2 is 1.73 bits per heavy atom. The minimum Gasteiger partial charge on any atom is -0.335 e. The summed E-state index contributed by atoms with van der Waals surface area (Å²) in [6.07, 6.45) is 1.52. The maximum atomic E-state index is 11.1. The molecule has 2 aromatic carbocycles. The van der Waals surface area contributed by atoms with Crippen LogP contribution < -0.4 is 0 Å². The number of nitrogens with zero attached hydrogens (tertiary/aromatic N) is 2. The van der Waals surface area contributed by atoms with Crippen LogP contribution in [0, 0.1) is 0 Å². The van der Waals surface area contributed by atoms with Gasteiger partial charge in [-0.3, -0.25) is 9.55 Å². The van der Waals surface area contributed by atoms with Crippen LogP contribution in [0.3, 0.4) is 0 Å². The molecule has 0 aliphatic rings. The van der Waals surface area contributed by atoms with Crippen molar-refractivity contribution in [1.82, 2.24) is 9.55 Å². The SMILES string of the molecule is O=P(O)(O)Cc1ccc(Cn2c3ccc(Cl)cc3c3ncccc32)cc1. The van der Waals surface area contributed by atoms with Gasteiger partial charge < -0.3 is 14.4 Å². The molecule has 0 saturated carbocycles. The third-order valence-corrected chi connectivity index (χ3v) is 5.35. The molecule has 2 N–H and O–H groups in total.